The molecule has 0 spiro atoms. The number of likely N-dealkylation sites (N-methyl/N-ethyl adjacent to an activating group) is 1. The van der Waals surface area contributed by atoms with Gasteiger partial charge in [0.15, 0.2) is 0 Å². The van der Waals surface area contributed by atoms with Crippen molar-refractivity contribution in [3.8, 4) is 11.4 Å². The molecular weight excluding hydrogens is 314 g/mol. The van der Waals surface area contributed by atoms with Gasteiger partial charge in [-0.3, -0.25) is 14.2 Å². The third-order valence-electron chi connectivity index (χ3n) is 3.63. The molecule has 0 atom stereocenters. The van der Waals surface area contributed by atoms with Crippen LogP contribution < -0.4 is 5.56 Å². The molecule has 2 rings (SSSR count). The smallest absolute Gasteiger partial charge is 0.254 e. The topological polar surface area (TPSA) is 55.2 Å². The lowest BCUT2D eigenvalue weighted by Crippen LogP contribution is -2.37. The average Bonchev–Trinajstić information content (AvgIpc) is 2.51. The predicted molar refractivity (Wildman–Crippen MR) is 91.6 cm³/mol. The summed E-state index contributed by atoms with van der Waals surface area (Å²) in [5.74, 6) is 0.351. The van der Waals surface area contributed by atoms with Crippen LogP contribution >= 0.6 is 11.6 Å². The number of hydrogen-bond donors (Lipinski definition) is 0. The Bertz CT molecular complexity index is 767. The van der Waals surface area contributed by atoms with Crippen molar-refractivity contribution in [2.75, 3.05) is 13.1 Å². The molecule has 0 aliphatic carbocycles. The maximum Gasteiger partial charge on any atom is 0.254 e. The van der Waals surface area contributed by atoms with Crippen LogP contribution in [0.5, 0.6) is 0 Å². The largest absolute Gasteiger partial charge is 0.342 e. The third kappa shape index (κ3) is 3.99. The number of carbonyl (C=O) groups is 1. The second-order valence-electron chi connectivity index (χ2n) is 5.22. The Balaban J connectivity index is 2.51. The van der Waals surface area contributed by atoms with Gasteiger partial charge in [0, 0.05) is 35.4 Å². The van der Waals surface area contributed by atoms with E-state index < -0.39 is 0 Å². The highest BCUT2D eigenvalue weighted by atomic mass is 35.5. The zero-order chi connectivity index (χ0) is 17.0. The number of amides is 1. The second kappa shape index (κ2) is 7.42. The van der Waals surface area contributed by atoms with Crippen molar-refractivity contribution in [3.63, 3.8) is 0 Å². The number of hydrogen-bond acceptors (Lipinski definition) is 3. The van der Waals surface area contributed by atoms with Crippen molar-refractivity contribution < 1.29 is 4.79 Å². The van der Waals surface area contributed by atoms with Crippen molar-refractivity contribution in [3.05, 3.63) is 51.4 Å². The first-order valence-corrected chi connectivity index (χ1v) is 7.96. The molecular formula is C17H20ClN3O2. The summed E-state index contributed by atoms with van der Waals surface area (Å²) in [7, 11) is 0. The summed E-state index contributed by atoms with van der Waals surface area (Å²) in [6.45, 7) is 6.76. The van der Waals surface area contributed by atoms with E-state index in [4.69, 9.17) is 11.6 Å². The first-order valence-electron chi connectivity index (χ1n) is 7.58. The van der Waals surface area contributed by atoms with Crippen LogP contribution in [0.15, 0.2) is 35.1 Å². The van der Waals surface area contributed by atoms with Gasteiger partial charge >= 0.3 is 0 Å². The summed E-state index contributed by atoms with van der Waals surface area (Å²) < 4.78 is 1.40. The van der Waals surface area contributed by atoms with Crippen LogP contribution in [0.3, 0.4) is 0 Å². The standard InChI is InChI=1S/C17H20ClN3O2/c1-4-20(5-2)16(23)11-21-15(22)9-12(3)19-17(21)13-7-6-8-14(18)10-13/h6-10H,4-5,11H2,1-3H3. The van der Waals surface area contributed by atoms with Gasteiger partial charge in [0.05, 0.1) is 0 Å². The highest BCUT2D eigenvalue weighted by Gasteiger charge is 2.16. The highest BCUT2D eigenvalue weighted by Crippen LogP contribution is 2.20. The molecule has 0 N–H and O–H groups in total. The Hall–Kier alpha value is -2.14. The Kier molecular flexibility index (Phi) is 5.55. The lowest BCUT2D eigenvalue weighted by atomic mass is 10.2. The molecule has 0 unspecified atom stereocenters. The predicted octanol–water partition coefficient (Wildman–Crippen LogP) is 2.74. The quantitative estimate of drug-likeness (QED) is 0.845. The van der Waals surface area contributed by atoms with E-state index in [1.165, 1.54) is 10.6 Å². The second-order valence-corrected chi connectivity index (χ2v) is 5.66. The fraction of sp³-hybridized carbons (Fsp3) is 0.353. The van der Waals surface area contributed by atoms with E-state index >= 15 is 0 Å². The van der Waals surface area contributed by atoms with Gasteiger partial charge in [0.1, 0.15) is 12.4 Å². The molecule has 23 heavy (non-hydrogen) atoms. The van der Waals surface area contributed by atoms with E-state index in [0.29, 0.717) is 35.2 Å². The molecule has 1 heterocycles. The van der Waals surface area contributed by atoms with Crippen molar-refractivity contribution >= 4 is 17.5 Å². The zero-order valence-electron chi connectivity index (χ0n) is 13.5. The van der Waals surface area contributed by atoms with Crippen LogP contribution in [-0.4, -0.2) is 33.4 Å². The fourth-order valence-corrected chi connectivity index (χ4v) is 2.62. The van der Waals surface area contributed by atoms with Gasteiger partial charge in [-0.1, -0.05) is 23.7 Å². The summed E-state index contributed by atoms with van der Waals surface area (Å²) in [6, 6.07) is 8.54. The van der Waals surface area contributed by atoms with Gasteiger partial charge in [0.25, 0.3) is 5.56 Å². The molecule has 1 amide bonds. The SMILES string of the molecule is CCN(CC)C(=O)Cn1c(-c2cccc(Cl)c2)nc(C)cc1=O. The van der Waals surface area contributed by atoms with Gasteiger partial charge in [-0.2, -0.15) is 0 Å². The van der Waals surface area contributed by atoms with Crippen molar-refractivity contribution in [2.24, 2.45) is 0 Å². The molecule has 2 aromatic rings. The lowest BCUT2D eigenvalue weighted by molar-refractivity contribution is -0.131. The van der Waals surface area contributed by atoms with Gasteiger partial charge in [-0.15, -0.1) is 0 Å². The minimum Gasteiger partial charge on any atom is -0.342 e. The van der Waals surface area contributed by atoms with Crippen molar-refractivity contribution in [2.45, 2.75) is 27.3 Å². The van der Waals surface area contributed by atoms with Crippen LogP contribution in [0, 0.1) is 6.92 Å². The molecule has 6 heteroatoms. The monoisotopic (exact) mass is 333 g/mol. The number of carbonyl (C=O) groups excluding carboxylic acids is 1. The number of benzene rings is 1. The van der Waals surface area contributed by atoms with Crippen molar-refractivity contribution in [1.29, 1.82) is 0 Å². The molecule has 122 valence electrons. The average molecular weight is 334 g/mol. The van der Waals surface area contributed by atoms with Crippen LogP contribution in [0.4, 0.5) is 0 Å². The van der Waals surface area contributed by atoms with E-state index in [1.54, 1.807) is 30.0 Å². The molecule has 1 aromatic carbocycles. The summed E-state index contributed by atoms with van der Waals surface area (Å²) in [4.78, 5) is 30.9. The van der Waals surface area contributed by atoms with E-state index in [-0.39, 0.29) is 18.0 Å². The number of halogens is 1. The number of aromatic nitrogens is 2. The molecule has 0 saturated heterocycles. The van der Waals surface area contributed by atoms with Crippen LogP contribution in [-0.2, 0) is 11.3 Å². The van der Waals surface area contributed by atoms with Gasteiger partial charge in [-0.05, 0) is 32.9 Å². The Morgan fingerprint density at radius 3 is 2.57 bits per heavy atom. The Morgan fingerprint density at radius 1 is 1.26 bits per heavy atom. The van der Waals surface area contributed by atoms with Crippen molar-refractivity contribution in [1.82, 2.24) is 14.5 Å². The zero-order valence-corrected chi connectivity index (χ0v) is 14.3. The molecule has 0 saturated carbocycles. The number of rotatable bonds is 5. The first-order chi connectivity index (χ1) is 11.0. The maximum absolute atomic E-state index is 12.4. The molecule has 0 aliphatic heterocycles. The normalized spacial score (nSPS) is 10.6. The fourth-order valence-electron chi connectivity index (χ4n) is 2.43. The Morgan fingerprint density at radius 2 is 1.96 bits per heavy atom. The summed E-state index contributed by atoms with van der Waals surface area (Å²) >= 11 is 6.04. The minimum absolute atomic E-state index is 0.0321. The van der Waals surface area contributed by atoms with Gasteiger partial charge in [0.2, 0.25) is 5.91 Å². The first kappa shape index (κ1) is 17.2. The molecule has 5 nitrogen and oxygen atoms in total. The molecule has 0 aliphatic rings. The van der Waals surface area contributed by atoms with Crippen LogP contribution in [0.1, 0.15) is 19.5 Å². The lowest BCUT2D eigenvalue weighted by Gasteiger charge is -2.20. The third-order valence-corrected chi connectivity index (χ3v) is 3.86. The maximum atomic E-state index is 12.4. The minimum atomic E-state index is -0.243. The highest BCUT2D eigenvalue weighted by molar-refractivity contribution is 6.30. The Labute approximate surface area is 140 Å². The van der Waals surface area contributed by atoms with E-state index in [2.05, 4.69) is 4.98 Å². The van der Waals surface area contributed by atoms with Gasteiger partial charge < -0.3 is 4.90 Å². The van der Waals surface area contributed by atoms with E-state index in [0.717, 1.165) is 0 Å². The number of nitrogens with zero attached hydrogens (tertiary/aromatic N) is 3. The summed E-state index contributed by atoms with van der Waals surface area (Å²) in [6.07, 6.45) is 0. The summed E-state index contributed by atoms with van der Waals surface area (Å²) in [5, 5.41) is 0.555. The number of aryl methyl sites for hydroxylation is 1. The van der Waals surface area contributed by atoms with Crippen LogP contribution in [0.2, 0.25) is 5.02 Å². The van der Waals surface area contributed by atoms with Crippen LogP contribution in [0.25, 0.3) is 11.4 Å². The van der Waals surface area contributed by atoms with Gasteiger partial charge in [-0.25, -0.2) is 4.98 Å². The van der Waals surface area contributed by atoms with E-state index in [9.17, 15) is 9.59 Å². The molecule has 1 aromatic heterocycles. The molecule has 0 radical (unpaired) electrons. The van der Waals surface area contributed by atoms with E-state index in [1.807, 2.05) is 19.9 Å². The molecule has 0 bridgehead atoms. The molecule has 0 fully saturated rings. The summed E-state index contributed by atoms with van der Waals surface area (Å²) in [5.41, 5.74) is 1.08.